The number of carbonyl (C=O) groups excluding carboxylic acids is 3. The van der Waals surface area contributed by atoms with Gasteiger partial charge in [0.15, 0.2) is 0 Å². The van der Waals surface area contributed by atoms with E-state index in [1.165, 1.54) is 0 Å². The van der Waals surface area contributed by atoms with Crippen LogP contribution >= 0.6 is 12.4 Å². The van der Waals surface area contributed by atoms with Gasteiger partial charge in [0.25, 0.3) is 5.91 Å². The van der Waals surface area contributed by atoms with E-state index in [-0.39, 0.29) is 36.0 Å². The first-order valence-electron chi connectivity index (χ1n) is 14.2. The van der Waals surface area contributed by atoms with Gasteiger partial charge in [-0.2, -0.15) is 0 Å². The number of hydrogen-bond acceptors (Lipinski definition) is 6. The zero-order chi connectivity index (χ0) is 28.9. The number of aliphatic hydroxyl groups excluding tert-OH is 1. The molecular weight excluding hydrogens is 544 g/mol. The van der Waals surface area contributed by atoms with E-state index in [0.29, 0.717) is 51.1 Å². The molecule has 2 heterocycles. The van der Waals surface area contributed by atoms with Crippen molar-refractivity contribution in [2.24, 2.45) is 5.92 Å². The first kappa shape index (κ1) is 32.4. The predicted octanol–water partition coefficient (Wildman–Crippen LogP) is 3.14. The fraction of sp³-hybridized carbons (Fsp3) is 0.516. The van der Waals surface area contributed by atoms with Crippen LogP contribution in [0.5, 0.6) is 5.75 Å². The SMILES string of the molecule is CCCN1C(=O)[C@@H]([C@H](O)C(C)C)NC(=O)C12CCN(Cc1ccc(C(=O)NCc3ccc(OC)cc3)cc1)CC2.Cl. The van der Waals surface area contributed by atoms with Gasteiger partial charge in [-0.3, -0.25) is 19.3 Å². The predicted molar refractivity (Wildman–Crippen MR) is 160 cm³/mol. The van der Waals surface area contributed by atoms with Crippen LogP contribution in [0.15, 0.2) is 48.5 Å². The number of aliphatic hydroxyl groups is 1. The van der Waals surface area contributed by atoms with Crippen molar-refractivity contribution in [1.29, 1.82) is 0 Å². The smallest absolute Gasteiger partial charge is 0.251 e. The van der Waals surface area contributed by atoms with Crippen molar-refractivity contribution in [3.63, 3.8) is 0 Å². The quantitative estimate of drug-likeness (QED) is 0.394. The van der Waals surface area contributed by atoms with Crippen molar-refractivity contribution in [2.45, 2.75) is 70.8 Å². The second kappa shape index (κ2) is 14.2. The number of benzene rings is 2. The molecule has 0 bridgehead atoms. The lowest BCUT2D eigenvalue weighted by Crippen LogP contribution is -2.74. The Morgan fingerprint density at radius 3 is 2.24 bits per heavy atom. The Labute approximate surface area is 249 Å². The van der Waals surface area contributed by atoms with Crippen LogP contribution in [0.4, 0.5) is 0 Å². The van der Waals surface area contributed by atoms with E-state index in [4.69, 9.17) is 4.74 Å². The standard InChI is InChI=1S/C31H42N4O5.ClH/c1-5-16-35-29(38)26(27(36)21(2)3)33-30(39)31(35)14-17-34(18-15-31)20-23-6-10-24(11-7-23)28(37)32-19-22-8-12-25(40-4)13-9-22;/h6-13,21,26-27,36H,5,14-20H2,1-4H3,(H,32,37)(H,33,39);1H/t26-,27-;/m1./s1. The molecule has 2 aromatic rings. The number of nitrogens with zero attached hydrogens (tertiary/aromatic N) is 2. The molecule has 1 spiro atoms. The van der Waals surface area contributed by atoms with Crippen molar-refractivity contribution in [3.05, 3.63) is 65.2 Å². The van der Waals surface area contributed by atoms with Gasteiger partial charge >= 0.3 is 0 Å². The minimum Gasteiger partial charge on any atom is -0.497 e. The zero-order valence-electron chi connectivity index (χ0n) is 24.4. The first-order chi connectivity index (χ1) is 19.2. The molecule has 0 aliphatic carbocycles. The summed E-state index contributed by atoms with van der Waals surface area (Å²) in [6.45, 7) is 8.65. The minimum atomic E-state index is -0.916. The number of hydrogen-bond donors (Lipinski definition) is 3. The van der Waals surface area contributed by atoms with Crippen molar-refractivity contribution in [3.8, 4) is 5.75 Å². The highest BCUT2D eigenvalue weighted by Gasteiger charge is 2.54. The number of halogens is 1. The summed E-state index contributed by atoms with van der Waals surface area (Å²) < 4.78 is 5.17. The lowest BCUT2D eigenvalue weighted by molar-refractivity contribution is -0.165. The molecule has 0 unspecified atom stereocenters. The maximum atomic E-state index is 13.4. The Morgan fingerprint density at radius 2 is 1.68 bits per heavy atom. The molecule has 3 amide bonds. The third-order valence-electron chi connectivity index (χ3n) is 8.15. The van der Waals surface area contributed by atoms with Crippen molar-refractivity contribution in [2.75, 3.05) is 26.7 Å². The molecule has 4 rings (SSSR count). The maximum absolute atomic E-state index is 13.4. The van der Waals surface area contributed by atoms with Crippen LogP contribution in [0.25, 0.3) is 0 Å². The molecule has 3 N–H and O–H groups in total. The average Bonchev–Trinajstić information content (AvgIpc) is 2.97. The van der Waals surface area contributed by atoms with Crippen molar-refractivity contribution < 1.29 is 24.2 Å². The summed E-state index contributed by atoms with van der Waals surface area (Å²) in [5.74, 6) is 0.164. The van der Waals surface area contributed by atoms with E-state index in [0.717, 1.165) is 23.3 Å². The number of methoxy groups -OCH3 is 1. The third kappa shape index (κ3) is 7.20. The minimum absolute atomic E-state index is 0. The van der Waals surface area contributed by atoms with Gasteiger partial charge in [0, 0.05) is 38.3 Å². The number of piperazine rings is 1. The molecule has 0 aromatic heterocycles. The monoisotopic (exact) mass is 586 g/mol. The molecule has 224 valence electrons. The lowest BCUT2D eigenvalue weighted by atomic mass is 9.80. The topological polar surface area (TPSA) is 111 Å². The summed E-state index contributed by atoms with van der Waals surface area (Å²) in [6.07, 6.45) is 0.914. The highest BCUT2D eigenvalue weighted by atomic mass is 35.5. The first-order valence-corrected chi connectivity index (χ1v) is 14.2. The van der Waals surface area contributed by atoms with Gasteiger partial charge in [-0.25, -0.2) is 0 Å². The molecule has 2 aliphatic heterocycles. The molecule has 2 fully saturated rings. The second-order valence-corrected chi connectivity index (χ2v) is 11.2. The number of nitrogens with one attached hydrogen (secondary N) is 2. The summed E-state index contributed by atoms with van der Waals surface area (Å²) in [7, 11) is 1.62. The lowest BCUT2D eigenvalue weighted by Gasteiger charge is -2.52. The van der Waals surface area contributed by atoms with Gasteiger partial charge in [-0.15, -0.1) is 12.4 Å². The summed E-state index contributed by atoms with van der Waals surface area (Å²) in [5, 5.41) is 16.4. The molecule has 2 atom stereocenters. The van der Waals surface area contributed by atoms with Gasteiger partial charge in [-0.05, 0) is 60.6 Å². The Bertz CT molecular complexity index is 1180. The van der Waals surface area contributed by atoms with Gasteiger partial charge in [0.2, 0.25) is 11.8 Å². The molecule has 9 nitrogen and oxygen atoms in total. The maximum Gasteiger partial charge on any atom is 0.251 e. The van der Waals surface area contributed by atoms with E-state index in [1.54, 1.807) is 12.0 Å². The molecule has 2 saturated heterocycles. The summed E-state index contributed by atoms with van der Waals surface area (Å²) in [6, 6.07) is 14.3. The zero-order valence-corrected chi connectivity index (χ0v) is 25.2. The largest absolute Gasteiger partial charge is 0.497 e. The number of carbonyl (C=O) groups is 3. The number of likely N-dealkylation sites (tertiary alicyclic amines) is 1. The van der Waals surface area contributed by atoms with E-state index in [9.17, 15) is 19.5 Å². The normalized spacial score (nSPS) is 19.5. The molecule has 0 radical (unpaired) electrons. The second-order valence-electron chi connectivity index (χ2n) is 11.2. The number of ether oxygens (including phenoxy) is 1. The van der Waals surface area contributed by atoms with Crippen molar-refractivity contribution >= 4 is 30.1 Å². The van der Waals surface area contributed by atoms with Gasteiger partial charge in [0.1, 0.15) is 17.3 Å². The summed E-state index contributed by atoms with van der Waals surface area (Å²) in [5.41, 5.74) is 1.80. The van der Waals surface area contributed by atoms with E-state index >= 15 is 0 Å². The molecule has 0 saturated carbocycles. The summed E-state index contributed by atoms with van der Waals surface area (Å²) in [4.78, 5) is 43.4. The van der Waals surface area contributed by atoms with Gasteiger partial charge in [-0.1, -0.05) is 45.0 Å². The molecule has 2 aromatic carbocycles. The van der Waals surface area contributed by atoms with Crippen LogP contribution < -0.4 is 15.4 Å². The van der Waals surface area contributed by atoms with Crippen LogP contribution in [-0.2, 0) is 22.7 Å². The van der Waals surface area contributed by atoms with Crippen LogP contribution in [0.2, 0.25) is 0 Å². The highest BCUT2D eigenvalue weighted by Crippen LogP contribution is 2.34. The number of amides is 3. The van der Waals surface area contributed by atoms with Crippen molar-refractivity contribution in [1.82, 2.24) is 20.4 Å². The van der Waals surface area contributed by atoms with Crippen LogP contribution in [0.3, 0.4) is 0 Å². The molecule has 10 heteroatoms. The van der Waals surface area contributed by atoms with E-state index in [1.807, 2.05) is 69.3 Å². The Morgan fingerprint density at radius 1 is 1.07 bits per heavy atom. The van der Waals surface area contributed by atoms with Gasteiger partial charge < -0.3 is 25.4 Å². The Hall–Kier alpha value is -3.14. The number of rotatable bonds is 10. The Kier molecular flexibility index (Phi) is 11.2. The van der Waals surface area contributed by atoms with E-state index in [2.05, 4.69) is 15.5 Å². The molecule has 2 aliphatic rings. The highest BCUT2D eigenvalue weighted by molar-refractivity contribution is 6.00. The Balaban J connectivity index is 0.00000462. The molecule has 41 heavy (non-hydrogen) atoms. The molecular formula is C31H43ClN4O5. The average molecular weight is 587 g/mol. The van der Waals surface area contributed by atoms with Crippen LogP contribution in [0.1, 0.15) is 61.5 Å². The van der Waals surface area contributed by atoms with Gasteiger partial charge in [0.05, 0.1) is 13.2 Å². The third-order valence-corrected chi connectivity index (χ3v) is 8.15. The van der Waals surface area contributed by atoms with E-state index < -0.39 is 17.7 Å². The van der Waals surface area contributed by atoms with Crippen LogP contribution in [0, 0.1) is 5.92 Å². The fourth-order valence-corrected chi connectivity index (χ4v) is 5.63. The number of piperidine rings is 1. The van der Waals surface area contributed by atoms with Crippen LogP contribution in [-0.4, -0.2) is 77.1 Å². The fourth-order valence-electron chi connectivity index (χ4n) is 5.63. The summed E-state index contributed by atoms with van der Waals surface area (Å²) >= 11 is 0.